The van der Waals surface area contributed by atoms with E-state index in [0.717, 1.165) is 0 Å². The van der Waals surface area contributed by atoms with Gasteiger partial charge in [-0.1, -0.05) is 0 Å². The number of amides is 3. The minimum Gasteiger partial charge on any atom is -0.480 e. The quantitative estimate of drug-likeness (QED) is 0.0990. The van der Waals surface area contributed by atoms with E-state index >= 15 is 0 Å². The van der Waals surface area contributed by atoms with Gasteiger partial charge in [-0.05, 0) is 14.1 Å². The van der Waals surface area contributed by atoms with E-state index in [4.69, 9.17) is 10.2 Å². The van der Waals surface area contributed by atoms with Gasteiger partial charge in [0.2, 0.25) is 12.3 Å². The number of aliphatic carboxylic acids is 2. The largest absolute Gasteiger partial charge is 0.480 e. The summed E-state index contributed by atoms with van der Waals surface area (Å²) in [6, 6.07) is 0. The van der Waals surface area contributed by atoms with Crippen LogP contribution in [0.15, 0.2) is 0 Å². The zero-order chi connectivity index (χ0) is 22.2. The molecule has 0 radical (unpaired) electrons. The van der Waals surface area contributed by atoms with E-state index in [0.29, 0.717) is 13.1 Å². The first-order chi connectivity index (χ1) is 13.6. The second kappa shape index (κ2) is 15.2. The molecule has 0 spiro atoms. The second-order valence-corrected chi connectivity index (χ2v) is 6.29. The van der Waals surface area contributed by atoms with Gasteiger partial charge in [0.15, 0.2) is 0 Å². The molecule has 166 valence electrons. The second-order valence-electron chi connectivity index (χ2n) is 6.29. The normalized spacial score (nSPS) is 10.8. The minimum atomic E-state index is -1.14. The molecule has 0 unspecified atom stereocenters. The number of rotatable bonds is 17. The van der Waals surface area contributed by atoms with Crippen molar-refractivity contribution in [1.29, 1.82) is 0 Å². The van der Waals surface area contributed by atoms with Crippen molar-refractivity contribution in [3.05, 3.63) is 0 Å². The fraction of sp³-hybridized carbons (Fsp3) is 0.667. The molecule has 0 aliphatic rings. The number of likely N-dealkylation sites (N-methyl/N-ethyl adjacent to an activating group) is 1. The molecule has 3 amide bonds. The van der Waals surface area contributed by atoms with Crippen LogP contribution in [0.3, 0.4) is 0 Å². The number of hydrogen-bond donors (Lipinski definition) is 6. The average Bonchev–Trinajstić information content (AvgIpc) is 2.61. The molecule has 0 bridgehead atoms. The van der Waals surface area contributed by atoms with Gasteiger partial charge in [-0.3, -0.25) is 50.0 Å². The van der Waals surface area contributed by atoms with E-state index in [1.807, 2.05) is 29.8 Å². The lowest BCUT2D eigenvalue weighted by molar-refractivity contribution is -0.140. The fourth-order valence-electron chi connectivity index (χ4n) is 2.11. The summed E-state index contributed by atoms with van der Waals surface area (Å²) in [6.07, 6.45) is 0.270. The summed E-state index contributed by atoms with van der Waals surface area (Å²) in [4.78, 5) is 60.1. The van der Waals surface area contributed by atoms with Gasteiger partial charge >= 0.3 is 11.9 Å². The molecule has 0 aliphatic carbocycles. The molecule has 0 aliphatic heterocycles. The summed E-state index contributed by atoms with van der Waals surface area (Å²) in [5.74, 6) is -3.33. The average molecular weight is 419 g/mol. The number of hydrogen-bond acceptors (Lipinski definition) is 9. The maximum atomic E-state index is 11.9. The summed E-state index contributed by atoms with van der Waals surface area (Å²) in [7, 11) is 3.70. The molecule has 0 aromatic heterocycles. The maximum Gasteiger partial charge on any atom is 0.317 e. The van der Waals surface area contributed by atoms with Crippen molar-refractivity contribution in [3.8, 4) is 0 Å². The molecule has 0 saturated carbocycles. The first-order valence-corrected chi connectivity index (χ1v) is 8.66. The van der Waals surface area contributed by atoms with Crippen LogP contribution in [0.5, 0.6) is 0 Å². The van der Waals surface area contributed by atoms with Gasteiger partial charge in [0.1, 0.15) is 0 Å². The van der Waals surface area contributed by atoms with Gasteiger partial charge in [0.05, 0.1) is 26.2 Å². The van der Waals surface area contributed by atoms with Gasteiger partial charge in [0, 0.05) is 26.2 Å². The molecule has 0 atom stereocenters. The number of carbonyl (C=O) groups excluding carboxylic acids is 3. The zero-order valence-corrected chi connectivity index (χ0v) is 16.5. The molecule has 0 aromatic carbocycles. The van der Waals surface area contributed by atoms with Gasteiger partial charge < -0.3 is 15.1 Å². The Morgan fingerprint density at radius 3 is 1.90 bits per heavy atom. The van der Waals surface area contributed by atoms with E-state index in [-0.39, 0.29) is 39.1 Å². The molecular formula is C15H29N7O7. The van der Waals surface area contributed by atoms with Crippen LogP contribution < -0.4 is 21.7 Å². The van der Waals surface area contributed by atoms with Crippen LogP contribution in [-0.4, -0.2) is 122 Å². The van der Waals surface area contributed by atoms with Crippen molar-refractivity contribution < 1.29 is 34.2 Å². The topological polar surface area (TPSA) is 184 Å². The third-order valence-electron chi connectivity index (χ3n) is 3.43. The predicted octanol–water partition coefficient (Wildman–Crippen LogP) is -4.28. The maximum absolute atomic E-state index is 11.9. The molecule has 14 heteroatoms. The Bertz CT molecular complexity index is 559. The third kappa shape index (κ3) is 15.9. The number of nitrogens with zero attached hydrogens (tertiary/aromatic N) is 3. The monoisotopic (exact) mass is 419 g/mol. The van der Waals surface area contributed by atoms with E-state index < -0.39 is 30.3 Å². The lowest BCUT2D eigenvalue weighted by atomic mass is 10.3. The summed E-state index contributed by atoms with van der Waals surface area (Å²) in [5.41, 5.74) is 8.55. The smallest absolute Gasteiger partial charge is 0.317 e. The van der Waals surface area contributed by atoms with E-state index in [1.54, 1.807) is 4.90 Å². The zero-order valence-electron chi connectivity index (χ0n) is 16.5. The molecule has 0 aromatic rings. The van der Waals surface area contributed by atoms with Crippen LogP contribution in [0.4, 0.5) is 0 Å². The lowest BCUT2D eigenvalue weighted by Gasteiger charge is -2.26. The number of hydrazine groups is 2. The van der Waals surface area contributed by atoms with E-state index in [1.165, 1.54) is 4.90 Å². The fourth-order valence-corrected chi connectivity index (χ4v) is 2.11. The van der Waals surface area contributed by atoms with Crippen LogP contribution >= 0.6 is 0 Å². The van der Waals surface area contributed by atoms with Gasteiger partial charge in [0.25, 0.3) is 5.91 Å². The third-order valence-corrected chi connectivity index (χ3v) is 3.43. The highest BCUT2D eigenvalue weighted by atomic mass is 16.4. The minimum absolute atomic E-state index is 0.157. The molecule has 0 rings (SSSR count). The Kier molecular flexibility index (Phi) is 13.7. The molecule has 29 heavy (non-hydrogen) atoms. The Morgan fingerprint density at radius 1 is 0.793 bits per heavy atom. The van der Waals surface area contributed by atoms with Crippen molar-refractivity contribution in [2.24, 2.45) is 0 Å². The van der Waals surface area contributed by atoms with E-state index in [9.17, 15) is 24.0 Å². The van der Waals surface area contributed by atoms with Gasteiger partial charge in [-0.25, -0.2) is 5.43 Å². The van der Waals surface area contributed by atoms with Crippen LogP contribution in [0, 0.1) is 0 Å². The molecule has 0 fully saturated rings. The number of carbonyl (C=O) groups is 5. The Labute approximate surface area is 168 Å². The highest BCUT2D eigenvalue weighted by molar-refractivity contribution is 5.81. The first-order valence-electron chi connectivity index (χ1n) is 8.66. The summed E-state index contributed by atoms with van der Waals surface area (Å²) in [5, 5.41) is 18.0. The van der Waals surface area contributed by atoms with Gasteiger partial charge in [-0.2, -0.15) is 0 Å². The number of carboxylic acid groups (broad SMARTS) is 2. The number of carboxylic acids is 2. The van der Waals surface area contributed by atoms with Crippen molar-refractivity contribution >= 4 is 30.2 Å². The van der Waals surface area contributed by atoms with Gasteiger partial charge in [-0.15, -0.1) is 0 Å². The molecule has 14 nitrogen and oxygen atoms in total. The highest BCUT2D eigenvalue weighted by Gasteiger charge is 2.17. The first kappa shape index (κ1) is 26.2. The summed E-state index contributed by atoms with van der Waals surface area (Å²) in [6.45, 7) is 0.302. The Hall–Kier alpha value is -2.81. The van der Waals surface area contributed by atoms with Crippen LogP contribution in [0.25, 0.3) is 0 Å². The van der Waals surface area contributed by atoms with Crippen LogP contribution in [-0.2, 0) is 24.0 Å². The van der Waals surface area contributed by atoms with Crippen molar-refractivity contribution in [2.45, 2.75) is 0 Å². The SMILES string of the molecule is CN(C)CCN(CCN(CC(=O)O)CC(=O)NNCC(=O)NNC=O)CC(=O)O. The Morgan fingerprint density at radius 2 is 1.34 bits per heavy atom. The van der Waals surface area contributed by atoms with E-state index in [2.05, 4.69) is 10.9 Å². The summed E-state index contributed by atoms with van der Waals surface area (Å²) < 4.78 is 0. The Balaban J connectivity index is 4.55. The molecule has 6 N–H and O–H groups in total. The summed E-state index contributed by atoms with van der Waals surface area (Å²) >= 11 is 0. The predicted molar refractivity (Wildman–Crippen MR) is 100 cm³/mol. The van der Waals surface area contributed by atoms with Crippen molar-refractivity contribution in [3.63, 3.8) is 0 Å². The molecule has 0 saturated heterocycles. The van der Waals surface area contributed by atoms with Crippen molar-refractivity contribution in [2.75, 3.05) is 66.5 Å². The van der Waals surface area contributed by atoms with Crippen molar-refractivity contribution in [1.82, 2.24) is 36.4 Å². The molecule has 0 heterocycles. The van der Waals surface area contributed by atoms with Crippen LogP contribution in [0.1, 0.15) is 0 Å². The van der Waals surface area contributed by atoms with Crippen LogP contribution in [0.2, 0.25) is 0 Å². The number of nitrogens with one attached hydrogen (secondary N) is 4. The standard InChI is InChI=1S/C15H29N7O7/c1-20(2)3-4-21(9-14(26)27)5-6-22(10-15(28)29)8-13(25)19-16-7-12(24)18-17-11-23/h11,16H,3-10H2,1-2H3,(H,17,23)(H,18,24)(H,19,25)(H,26,27)(H,28,29). The molecular weight excluding hydrogens is 390 g/mol. The lowest BCUT2D eigenvalue weighted by Crippen LogP contribution is -2.50. The highest BCUT2D eigenvalue weighted by Crippen LogP contribution is 1.95.